The van der Waals surface area contributed by atoms with Gasteiger partial charge in [0.25, 0.3) is 5.91 Å². The van der Waals surface area contributed by atoms with Crippen LogP contribution in [0.4, 0.5) is 0 Å². The monoisotopic (exact) mass is 646 g/mol. The standard InChI is InChI=1S/C27H25Br2ClN4O3/c28-21-11-20-2-1-19-12-22(30)13-23(29)25(19)26(27(20)31-15-21)18-5-7-33(8-6-18)24(35)16-37-32-14-17-3-9-34(36)10-4-17/h3-4,9-15,18,26H,1-2,5-8,16H2/b32-14+/t26-/m1/s1. The molecule has 5 rings (SSSR count). The van der Waals surface area contributed by atoms with Gasteiger partial charge in [-0.2, -0.15) is 4.73 Å². The van der Waals surface area contributed by atoms with Crippen LogP contribution in [0.1, 0.15) is 46.7 Å². The number of fused-ring (bicyclic) bond motifs is 2. The minimum atomic E-state index is -0.121. The SMILES string of the molecule is O=C(CO/N=C/c1cc[n+]([O-])cc1)N1CCC([C@H]2c3ncc(Br)cc3CCc3cc(Cl)cc(Br)c32)CC1. The number of halogens is 3. The molecule has 3 heterocycles. The fourth-order valence-electron chi connectivity index (χ4n) is 5.30. The maximum absolute atomic E-state index is 12.8. The predicted octanol–water partition coefficient (Wildman–Crippen LogP) is 5.41. The van der Waals surface area contributed by atoms with Gasteiger partial charge in [0.15, 0.2) is 19.0 Å². The number of aryl methyl sites for hydroxylation is 2. The van der Waals surface area contributed by atoms with Crippen LogP contribution in [0.15, 0.2) is 63.0 Å². The Balaban J connectivity index is 1.27. The lowest BCUT2D eigenvalue weighted by molar-refractivity contribution is -0.605. The molecule has 0 radical (unpaired) electrons. The number of benzene rings is 1. The summed E-state index contributed by atoms with van der Waals surface area (Å²) in [6, 6.07) is 9.48. The Kier molecular flexibility index (Phi) is 8.12. The molecular weight excluding hydrogens is 624 g/mol. The van der Waals surface area contributed by atoms with E-state index in [0.29, 0.717) is 23.7 Å². The second kappa shape index (κ2) is 11.5. The van der Waals surface area contributed by atoms with Gasteiger partial charge in [0, 0.05) is 56.9 Å². The number of hydrogen-bond acceptors (Lipinski definition) is 5. The average molecular weight is 649 g/mol. The number of amides is 1. The van der Waals surface area contributed by atoms with E-state index in [4.69, 9.17) is 21.4 Å². The fraction of sp³-hybridized carbons (Fsp3) is 0.333. The van der Waals surface area contributed by atoms with Crippen molar-refractivity contribution in [3.05, 3.63) is 96.0 Å². The summed E-state index contributed by atoms with van der Waals surface area (Å²) in [5.74, 6) is 0.383. The van der Waals surface area contributed by atoms with Crippen molar-refractivity contribution in [2.45, 2.75) is 31.6 Å². The lowest BCUT2D eigenvalue weighted by Crippen LogP contribution is -2.41. The first-order valence-electron chi connectivity index (χ1n) is 12.1. The third kappa shape index (κ3) is 5.99. The van der Waals surface area contributed by atoms with E-state index in [1.165, 1.54) is 35.3 Å². The minimum Gasteiger partial charge on any atom is -0.619 e. The first-order valence-corrected chi connectivity index (χ1v) is 14.1. The Morgan fingerprint density at radius 1 is 1.19 bits per heavy atom. The van der Waals surface area contributed by atoms with Gasteiger partial charge >= 0.3 is 0 Å². The van der Waals surface area contributed by atoms with Crippen molar-refractivity contribution < 1.29 is 14.4 Å². The van der Waals surface area contributed by atoms with Crippen molar-refractivity contribution in [1.82, 2.24) is 9.88 Å². The van der Waals surface area contributed by atoms with Gasteiger partial charge in [0.05, 0.1) is 11.9 Å². The van der Waals surface area contributed by atoms with Crippen LogP contribution in [0.25, 0.3) is 0 Å². The van der Waals surface area contributed by atoms with Gasteiger partial charge in [-0.15, -0.1) is 0 Å². The van der Waals surface area contributed by atoms with Gasteiger partial charge in [0.1, 0.15) is 0 Å². The smallest absolute Gasteiger partial charge is 0.263 e. The molecule has 3 aromatic rings. The molecule has 7 nitrogen and oxygen atoms in total. The second-order valence-electron chi connectivity index (χ2n) is 9.35. The third-order valence-corrected chi connectivity index (χ3v) is 8.38. The molecule has 0 unspecified atom stereocenters. The molecule has 1 aliphatic carbocycles. The second-order valence-corrected chi connectivity index (χ2v) is 11.6. The molecule has 2 aliphatic rings. The molecule has 2 aromatic heterocycles. The Morgan fingerprint density at radius 3 is 2.68 bits per heavy atom. The largest absolute Gasteiger partial charge is 0.619 e. The van der Waals surface area contributed by atoms with E-state index >= 15 is 0 Å². The number of nitrogens with zero attached hydrogens (tertiary/aromatic N) is 4. The summed E-state index contributed by atoms with van der Waals surface area (Å²) in [6.45, 7) is 1.19. The molecule has 1 fully saturated rings. The van der Waals surface area contributed by atoms with Crippen LogP contribution in [0.2, 0.25) is 5.02 Å². The van der Waals surface area contributed by atoms with Crippen molar-refractivity contribution in [2.24, 2.45) is 11.1 Å². The van der Waals surface area contributed by atoms with Crippen LogP contribution >= 0.6 is 43.5 Å². The number of carbonyl (C=O) groups is 1. The van der Waals surface area contributed by atoms with E-state index in [1.807, 2.05) is 17.2 Å². The normalized spacial score (nSPS) is 17.8. The third-order valence-electron chi connectivity index (χ3n) is 7.07. The first-order chi connectivity index (χ1) is 17.9. The lowest BCUT2D eigenvalue weighted by atomic mass is 9.76. The predicted molar refractivity (Wildman–Crippen MR) is 149 cm³/mol. The number of rotatable bonds is 5. The number of likely N-dealkylation sites (tertiary alicyclic amines) is 1. The zero-order valence-corrected chi connectivity index (χ0v) is 23.9. The molecule has 1 aliphatic heterocycles. The summed E-state index contributed by atoms with van der Waals surface area (Å²) in [5.41, 5.74) is 5.62. The van der Waals surface area contributed by atoms with E-state index in [1.54, 1.807) is 12.1 Å². The highest BCUT2D eigenvalue weighted by Gasteiger charge is 2.36. The van der Waals surface area contributed by atoms with E-state index in [9.17, 15) is 10.0 Å². The maximum atomic E-state index is 12.8. The number of piperidine rings is 1. The molecule has 0 N–H and O–H groups in total. The molecule has 0 spiro atoms. The summed E-state index contributed by atoms with van der Waals surface area (Å²) >= 11 is 13.8. The molecule has 10 heteroatoms. The number of hydrogen-bond donors (Lipinski definition) is 0. The molecule has 192 valence electrons. The van der Waals surface area contributed by atoms with Crippen LogP contribution in [0.3, 0.4) is 0 Å². The van der Waals surface area contributed by atoms with Crippen LogP contribution in [-0.4, -0.2) is 41.7 Å². The summed E-state index contributed by atoms with van der Waals surface area (Å²) in [4.78, 5) is 24.7. The van der Waals surface area contributed by atoms with Crippen molar-refractivity contribution >= 4 is 55.6 Å². The van der Waals surface area contributed by atoms with Gasteiger partial charge in [-0.05, 0) is 82.4 Å². The molecule has 1 amide bonds. The summed E-state index contributed by atoms with van der Waals surface area (Å²) in [5, 5.41) is 15.7. The highest BCUT2D eigenvalue weighted by molar-refractivity contribution is 9.10. The highest BCUT2D eigenvalue weighted by atomic mass is 79.9. The summed E-state index contributed by atoms with van der Waals surface area (Å²) < 4.78 is 2.70. The molecule has 1 aromatic carbocycles. The average Bonchev–Trinajstić information content (AvgIpc) is 3.04. The Hall–Kier alpha value is -2.49. The Bertz CT molecular complexity index is 1330. The van der Waals surface area contributed by atoms with Gasteiger partial charge in [-0.3, -0.25) is 9.78 Å². The fourth-order valence-corrected chi connectivity index (χ4v) is 6.80. The van der Waals surface area contributed by atoms with Crippen LogP contribution in [-0.2, 0) is 22.5 Å². The van der Waals surface area contributed by atoms with Crippen LogP contribution < -0.4 is 4.73 Å². The van der Waals surface area contributed by atoms with E-state index < -0.39 is 0 Å². The summed E-state index contributed by atoms with van der Waals surface area (Å²) in [6.07, 6.45) is 9.67. The molecule has 1 atom stereocenters. The van der Waals surface area contributed by atoms with Gasteiger partial charge in [-0.1, -0.05) is 32.7 Å². The van der Waals surface area contributed by atoms with Gasteiger partial charge < -0.3 is 14.9 Å². The highest BCUT2D eigenvalue weighted by Crippen LogP contribution is 2.46. The minimum absolute atomic E-state index is 0.0854. The zero-order chi connectivity index (χ0) is 25.9. The quantitative estimate of drug-likeness (QED) is 0.160. The topological polar surface area (TPSA) is 81.7 Å². The maximum Gasteiger partial charge on any atom is 0.263 e. The lowest BCUT2D eigenvalue weighted by Gasteiger charge is -2.37. The number of oxime groups is 1. The van der Waals surface area contributed by atoms with E-state index in [2.05, 4.69) is 49.1 Å². The Labute approximate surface area is 237 Å². The number of carbonyl (C=O) groups excluding carboxylic acids is 1. The van der Waals surface area contributed by atoms with Gasteiger partial charge in [-0.25, -0.2) is 0 Å². The molecule has 0 bridgehead atoms. The van der Waals surface area contributed by atoms with Gasteiger partial charge in [0.2, 0.25) is 0 Å². The summed E-state index contributed by atoms with van der Waals surface area (Å²) in [7, 11) is 0. The first kappa shape index (κ1) is 26.1. The van der Waals surface area contributed by atoms with E-state index in [0.717, 1.165) is 50.9 Å². The van der Waals surface area contributed by atoms with Crippen molar-refractivity contribution in [1.29, 1.82) is 0 Å². The molecule has 1 saturated heterocycles. The number of aromatic nitrogens is 2. The van der Waals surface area contributed by atoms with Crippen molar-refractivity contribution in [2.75, 3.05) is 19.7 Å². The Morgan fingerprint density at radius 2 is 1.92 bits per heavy atom. The number of pyridine rings is 2. The van der Waals surface area contributed by atoms with Crippen LogP contribution in [0, 0.1) is 11.1 Å². The van der Waals surface area contributed by atoms with Crippen LogP contribution in [0.5, 0.6) is 0 Å². The molecule has 37 heavy (non-hydrogen) atoms. The van der Waals surface area contributed by atoms with Crippen molar-refractivity contribution in [3.63, 3.8) is 0 Å². The van der Waals surface area contributed by atoms with E-state index in [-0.39, 0.29) is 18.4 Å². The van der Waals surface area contributed by atoms with Crippen molar-refractivity contribution in [3.8, 4) is 0 Å². The molecule has 0 saturated carbocycles. The zero-order valence-electron chi connectivity index (χ0n) is 19.9. The molecular formula is C27H25Br2ClN4O3.